The zero-order chi connectivity index (χ0) is 11.7. The van der Waals surface area contributed by atoms with Gasteiger partial charge < -0.3 is 4.90 Å². The normalized spacial score (nSPS) is 14.9. The van der Waals surface area contributed by atoms with Crippen LogP contribution in [0.4, 0.5) is 11.4 Å². The van der Waals surface area contributed by atoms with Gasteiger partial charge in [0.2, 0.25) is 0 Å². The number of halogens is 1. The molecule has 1 saturated carbocycles. The molecule has 0 atom stereocenters. The van der Waals surface area contributed by atoms with Crippen LogP contribution in [0.3, 0.4) is 0 Å². The monoisotopic (exact) mass is 284 g/mol. The first-order valence-electron chi connectivity index (χ1n) is 5.19. The van der Waals surface area contributed by atoms with Crippen LogP contribution in [0.25, 0.3) is 0 Å². The molecule has 0 N–H and O–H groups in total. The fourth-order valence-electron chi connectivity index (χ4n) is 1.80. The number of hydrogen-bond acceptors (Lipinski definition) is 3. The Morgan fingerprint density at radius 2 is 2.25 bits per heavy atom. The summed E-state index contributed by atoms with van der Waals surface area (Å²) in [4.78, 5) is 12.5. The molecule has 5 heteroatoms. The van der Waals surface area contributed by atoms with Gasteiger partial charge in [-0.25, -0.2) is 0 Å². The van der Waals surface area contributed by atoms with Gasteiger partial charge in [0.05, 0.1) is 4.92 Å². The van der Waals surface area contributed by atoms with Gasteiger partial charge in [-0.1, -0.05) is 15.9 Å². The van der Waals surface area contributed by atoms with Crippen LogP contribution in [0.15, 0.2) is 18.2 Å². The Hall–Kier alpha value is -1.10. The van der Waals surface area contributed by atoms with Crippen LogP contribution in [-0.2, 0) is 5.33 Å². The molecule has 0 unspecified atom stereocenters. The minimum atomic E-state index is -0.354. The van der Waals surface area contributed by atoms with Crippen molar-refractivity contribution in [2.75, 3.05) is 11.9 Å². The summed E-state index contributed by atoms with van der Waals surface area (Å²) in [5.41, 5.74) is 2.22. The van der Waals surface area contributed by atoms with Crippen molar-refractivity contribution in [3.8, 4) is 0 Å². The molecule has 0 aliphatic heterocycles. The molecule has 0 spiro atoms. The Kier molecular flexibility index (Phi) is 3.14. The van der Waals surface area contributed by atoms with E-state index in [1.807, 2.05) is 13.1 Å². The fraction of sp³-hybridized carbons (Fsp3) is 0.455. The van der Waals surface area contributed by atoms with E-state index in [0.717, 1.165) is 11.3 Å². The molecule has 1 aromatic rings. The third-order valence-corrected chi connectivity index (χ3v) is 3.50. The Morgan fingerprint density at radius 1 is 1.56 bits per heavy atom. The van der Waals surface area contributed by atoms with Crippen LogP contribution in [0, 0.1) is 10.1 Å². The molecule has 0 heterocycles. The second-order valence-corrected chi connectivity index (χ2v) is 4.61. The summed E-state index contributed by atoms with van der Waals surface area (Å²) in [6.07, 6.45) is 2.43. The number of anilines is 1. The average molecular weight is 285 g/mol. The number of non-ortho nitro benzene ring substituents is 1. The second-order valence-electron chi connectivity index (χ2n) is 4.05. The molecule has 1 fully saturated rings. The predicted molar refractivity (Wildman–Crippen MR) is 67.2 cm³/mol. The maximum atomic E-state index is 10.7. The van der Waals surface area contributed by atoms with Crippen molar-refractivity contribution in [2.45, 2.75) is 24.2 Å². The van der Waals surface area contributed by atoms with E-state index in [2.05, 4.69) is 20.8 Å². The smallest absolute Gasteiger partial charge is 0.269 e. The van der Waals surface area contributed by atoms with Crippen molar-refractivity contribution in [3.05, 3.63) is 33.9 Å². The molecule has 4 nitrogen and oxygen atoms in total. The van der Waals surface area contributed by atoms with Crippen LogP contribution < -0.4 is 4.90 Å². The number of nitro benzene ring substituents is 1. The van der Waals surface area contributed by atoms with Gasteiger partial charge >= 0.3 is 0 Å². The van der Waals surface area contributed by atoms with E-state index in [0.29, 0.717) is 11.4 Å². The molecule has 2 rings (SSSR count). The molecular weight excluding hydrogens is 272 g/mol. The summed E-state index contributed by atoms with van der Waals surface area (Å²) in [7, 11) is 2.05. The molecule has 16 heavy (non-hydrogen) atoms. The summed E-state index contributed by atoms with van der Waals surface area (Å²) in [6.45, 7) is 0. The number of nitrogens with zero attached hydrogens (tertiary/aromatic N) is 2. The van der Waals surface area contributed by atoms with Crippen LogP contribution in [-0.4, -0.2) is 18.0 Å². The maximum Gasteiger partial charge on any atom is 0.269 e. The topological polar surface area (TPSA) is 46.4 Å². The van der Waals surface area contributed by atoms with Crippen molar-refractivity contribution >= 4 is 27.3 Å². The highest BCUT2D eigenvalue weighted by Crippen LogP contribution is 2.34. The second kappa shape index (κ2) is 4.41. The third kappa shape index (κ3) is 2.19. The molecule has 1 aromatic carbocycles. The van der Waals surface area contributed by atoms with Crippen LogP contribution >= 0.6 is 15.9 Å². The van der Waals surface area contributed by atoms with Gasteiger partial charge in [0.1, 0.15) is 0 Å². The van der Waals surface area contributed by atoms with Crippen LogP contribution in [0.5, 0.6) is 0 Å². The summed E-state index contributed by atoms with van der Waals surface area (Å²) in [6, 6.07) is 5.66. The van der Waals surface area contributed by atoms with Gasteiger partial charge in [-0.3, -0.25) is 10.1 Å². The first-order chi connectivity index (χ1) is 7.63. The number of benzene rings is 1. The minimum absolute atomic E-state index is 0.155. The molecule has 1 aliphatic carbocycles. The Bertz CT molecular complexity index is 418. The first-order valence-corrected chi connectivity index (χ1v) is 6.31. The molecule has 86 valence electrons. The lowest BCUT2D eigenvalue weighted by Crippen LogP contribution is -2.20. The van der Waals surface area contributed by atoms with Crippen LogP contribution in [0.1, 0.15) is 18.4 Å². The van der Waals surface area contributed by atoms with Gasteiger partial charge in [-0.05, 0) is 24.5 Å². The van der Waals surface area contributed by atoms with Crippen molar-refractivity contribution in [2.24, 2.45) is 0 Å². The lowest BCUT2D eigenvalue weighted by molar-refractivity contribution is -0.384. The van der Waals surface area contributed by atoms with Crippen LogP contribution in [0.2, 0.25) is 0 Å². The first kappa shape index (κ1) is 11.4. The van der Waals surface area contributed by atoms with E-state index in [4.69, 9.17) is 0 Å². The summed E-state index contributed by atoms with van der Waals surface area (Å²) < 4.78 is 0. The van der Waals surface area contributed by atoms with Crippen molar-refractivity contribution in [1.29, 1.82) is 0 Å². The molecule has 1 aliphatic rings. The average Bonchev–Trinajstić information content (AvgIpc) is 3.11. The number of nitro groups is 1. The largest absolute Gasteiger partial charge is 0.371 e. The maximum absolute atomic E-state index is 10.7. The highest BCUT2D eigenvalue weighted by atomic mass is 79.9. The number of alkyl halides is 1. The van der Waals surface area contributed by atoms with Gasteiger partial charge in [0, 0.05) is 36.2 Å². The van der Waals surface area contributed by atoms with Gasteiger partial charge in [0.25, 0.3) is 5.69 Å². The Labute approximate surface area is 103 Å². The van der Waals surface area contributed by atoms with E-state index in [1.54, 1.807) is 12.1 Å². The Morgan fingerprint density at radius 3 is 2.75 bits per heavy atom. The summed E-state index contributed by atoms with van der Waals surface area (Å²) in [5, 5.41) is 11.3. The van der Waals surface area contributed by atoms with E-state index in [9.17, 15) is 10.1 Å². The summed E-state index contributed by atoms with van der Waals surface area (Å²) in [5.74, 6) is 0. The molecular formula is C11H13BrN2O2. The van der Waals surface area contributed by atoms with E-state index >= 15 is 0 Å². The highest BCUT2D eigenvalue weighted by Gasteiger charge is 2.27. The lowest BCUT2D eigenvalue weighted by atomic mass is 10.1. The molecule has 0 bridgehead atoms. The fourth-order valence-corrected chi connectivity index (χ4v) is 2.24. The highest BCUT2D eigenvalue weighted by molar-refractivity contribution is 9.08. The van der Waals surface area contributed by atoms with E-state index in [1.165, 1.54) is 12.8 Å². The predicted octanol–water partition coefficient (Wildman–Crippen LogP) is 3.09. The molecule has 0 radical (unpaired) electrons. The quantitative estimate of drug-likeness (QED) is 0.485. The van der Waals surface area contributed by atoms with Gasteiger partial charge in [-0.2, -0.15) is 0 Å². The Balaban J connectivity index is 2.33. The zero-order valence-electron chi connectivity index (χ0n) is 9.02. The van der Waals surface area contributed by atoms with Crippen molar-refractivity contribution in [3.63, 3.8) is 0 Å². The minimum Gasteiger partial charge on any atom is -0.371 e. The lowest BCUT2D eigenvalue weighted by Gasteiger charge is -2.21. The van der Waals surface area contributed by atoms with Crippen molar-refractivity contribution in [1.82, 2.24) is 0 Å². The van der Waals surface area contributed by atoms with E-state index < -0.39 is 0 Å². The van der Waals surface area contributed by atoms with Crippen molar-refractivity contribution < 1.29 is 4.92 Å². The molecule has 0 amide bonds. The number of rotatable bonds is 4. The zero-order valence-corrected chi connectivity index (χ0v) is 10.6. The van der Waals surface area contributed by atoms with E-state index in [-0.39, 0.29) is 10.6 Å². The van der Waals surface area contributed by atoms with Gasteiger partial charge in [0.15, 0.2) is 0 Å². The SMILES string of the molecule is CN(c1ccc([N+](=O)[O-])cc1CBr)C1CC1. The number of hydrogen-bond donors (Lipinski definition) is 0. The summed E-state index contributed by atoms with van der Waals surface area (Å²) >= 11 is 3.38. The van der Waals surface area contributed by atoms with Gasteiger partial charge in [-0.15, -0.1) is 0 Å². The standard InChI is InChI=1S/C11H13BrN2O2/c1-13(9-2-3-9)11-5-4-10(14(15)16)6-8(11)7-12/h4-6,9H,2-3,7H2,1H3. The third-order valence-electron chi connectivity index (χ3n) is 2.89. The molecule has 0 aromatic heterocycles. The molecule has 0 saturated heterocycles.